The Hall–Kier alpha value is -1.92. The number of nitrogens with zero attached hydrogens (tertiary/aromatic N) is 2. The molecule has 0 fully saturated rings. The number of anilines is 1. The van der Waals surface area contributed by atoms with Gasteiger partial charge in [-0.1, -0.05) is 34.2 Å². The fourth-order valence-corrected chi connectivity index (χ4v) is 2.76. The summed E-state index contributed by atoms with van der Waals surface area (Å²) in [7, 11) is 0. The van der Waals surface area contributed by atoms with Crippen molar-refractivity contribution < 1.29 is 9.32 Å². The van der Waals surface area contributed by atoms with Gasteiger partial charge in [0.2, 0.25) is 0 Å². The summed E-state index contributed by atoms with van der Waals surface area (Å²) in [6.45, 7) is 1.72. The van der Waals surface area contributed by atoms with Crippen molar-refractivity contribution in [1.29, 1.82) is 0 Å². The van der Waals surface area contributed by atoms with Gasteiger partial charge in [-0.3, -0.25) is 10.1 Å². The van der Waals surface area contributed by atoms with Crippen LogP contribution in [0.15, 0.2) is 28.8 Å². The number of nitrogens with one attached hydrogen (secondary N) is 1. The molecule has 0 spiro atoms. The number of carbonyl (C=O) groups excluding carboxylic acids is 1. The van der Waals surface area contributed by atoms with Crippen LogP contribution in [0, 0.1) is 6.92 Å². The second-order valence-electron chi connectivity index (χ2n) is 3.88. The molecule has 3 aromatic rings. The van der Waals surface area contributed by atoms with Crippen molar-refractivity contribution in [2.24, 2.45) is 0 Å². The lowest BCUT2D eigenvalue weighted by Crippen LogP contribution is -2.11. The van der Waals surface area contributed by atoms with Crippen LogP contribution in [0.1, 0.15) is 16.2 Å². The standard InChI is InChI=1S/C12H8ClN3O2S/c1-6-5-8(16-18-6)11(17)15-12-14-10-7(13)3-2-4-9(10)19-12/h2-5H,1H3,(H,14,15,17). The maximum absolute atomic E-state index is 11.9. The summed E-state index contributed by atoms with van der Waals surface area (Å²) < 4.78 is 5.77. The second-order valence-corrected chi connectivity index (χ2v) is 5.32. The average molecular weight is 294 g/mol. The van der Waals surface area contributed by atoms with E-state index in [0.717, 1.165) is 4.70 Å². The fourth-order valence-electron chi connectivity index (χ4n) is 1.60. The van der Waals surface area contributed by atoms with Gasteiger partial charge in [-0.05, 0) is 19.1 Å². The number of amides is 1. The predicted octanol–water partition coefficient (Wildman–Crippen LogP) is 3.50. The largest absolute Gasteiger partial charge is 0.361 e. The number of hydrogen-bond donors (Lipinski definition) is 1. The lowest BCUT2D eigenvalue weighted by Gasteiger charge is -1.95. The van der Waals surface area contributed by atoms with Gasteiger partial charge >= 0.3 is 0 Å². The van der Waals surface area contributed by atoms with Gasteiger partial charge in [0, 0.05) is 6.07 Å². The van der Waals surface area contributed by atoms with Gasteiger partial charge in [0.05, 0.1) is 9.72 Å². The first-order valence-electron chi connectivity index (χ1n) is 5.43. The van der Waals surface area contributed by atoms with Crippen molar-refractivity contribution >= 4 is 44.2 Å². The van der Waals surface area contributed by atoms with Crippen molar-refractivity contribution in [3.8, 4) is 0 Å². The first-order chi connectivity index (χ1) is 9.13. The average Bonchev–Trinajstić information content (AvgIpc) is 2.96. The minimum Gasteiger partial charge on any atom is -0.361 e. The van der Waals surface area contributed by atoms with E-state index < -0.39 is 0 Å². The number of para-hydroxylation sites is 1. The highest BCUT2D eigenvalue weighted by molar-refractivity contribution is 7.22. The molecular formula is C12H8ClN3O2S. The first-order valence-corrected chi connectivity index (χ1v) is 6.62. The zero-order chi connectivity index (χ0) is 13.4. The van der Waals surface area contributed by atoms with Crippen LogP contribution in [-0.2, 0) is 0 Å². The molecule has 5 nitrogen and oxygen atoms in total. The van der Waals surface area contributed by atoms with E-state index in [1.165, 1.54) is 11.3 Å². The number of aryl methyl sites for hydroxylation is 1. The molecule has 0 aliphatic rings. The third-order valence-corrected chi connectivity index (χ3v) is 3.69. The monoisotopic (exact) mass is 293 g/mol. The van der Waals surface area contributed by atoms with Gasteiger partial charge in [0.15, 0.2) is 10.8 Å². The number of hydrogen-bond acceptors (Lipinski definition) is 5. The molecule has 2 aromatic heterocycles. The fraction of sp³-hybridized carbons (Fsp3) is 0.0833. The highest BCUT2D eigenvalue weighted by atomic mass is 35.5. The Morgan fingerprint density at radius 2 is 2.32 bits per heavy atom. The maximum atomic E-state index is 11.9. The van der Waals surface area contributed by atoms with Crippen molar-refractivity contribution in [2.45, 2.75) is 6.92 Å². The van der Waals surface area contributed by atoms with Crippen LogP contribution in [0.2, 0.25) is 5.02 Å². The maximum Gasteiger partial charge on any atom is 0.279 e. The highest BCUT2D eigenvalue weighted by Gasteiger charge is 2.14. The van der Waals surface area contributed by atoms with E-state index in [1.54, 1.807) is 19.1 Å². The van der Waals surface area contributed by atoms with E-state index in [0.29, 0.717) is 21.4 Å². The first kappa shape index (κ1) is 12.1. The number of fused-ring (bicyclic) bond motifs is 1. The summed E-state index contributed by atoms with van der Waals surface area (Å²) in [4.78, 5) is 16.2. The molecule has 96 valence electrons. The van der Waals surface area contributed by atoms with E-state index in [2.05, 4.69) is 15.5 Å². The molecule has 0 unspecified atom stereocenters. The van der Waals surface area contributed by atoms with E-state index in [9.17, 15) is 4.79 Å². The zero-order valence-electron chi connectivity index (χ0n) is 9.81. The highest BCUT2D eigenvalue weighted by Crippen LogP contribution is 2.30. The number of thiazole rings is 1. The van der Waals surface area contributed by atoms with Gasteiger partial charge in [-0.15, -0.1) is 0 Å². The van der Waals surface area contributed by atoms with Gasteiger partial charge in [0.25, 0.3) is 5.91 Å². The summed E-state index contributed by atoms with van der Waals surface area (Å²) in [6.07, 6.45) is 0. The molecule has 7 heteroatoms. The number of halogens is 1. The quantitative estimate of drug-likeness (QED) is 0.785. The summed E-state index contributed by atoms with van der Waals surface area (Å²) in [5.41, 5.74) is 0.906. The number of carbonyl (C=O) groups is 1. The molecular weight excluding hydrogens is 286 g/mol. The van der Waals surface area contributed by atoms with Crippen LogP contribution in [0.5, 0.6) is 0 Å². The Balaban J connectivity index is 1.89. The van der Waals surface area contributed by atoms with Gasteiger partial charge in [0.1, 0.15) is 11.3 Å². The Kier molecular flexibility index (Phi) is 2.96. The predicted molar refractivity (Wildman–Crippen MR) is 73.8 cm³/mol. The van der Waals surface area contributed by atoms with E-state index in [-0.39, 0.29) is 11.6 Å². The van der Waals surface area contributed by atoms with Crippen LogP contribution < -0.4 is 5.32 Å². The van der Waals surface area contributed by atoms with Crippen molar-refractivity contribution in [3.05, 3.63) is 40.7 Å². The molecule has 0 atom stereocenters. The molecule has 0 saturated heterocycles. The molecule has 3 rings (SSSR count). The van der Waals surface area contributed by atoms with Gasteiger partial charge in [-0.25, -0.2) is 4.98 Å². The van der Waals surface area contributed by atoms with Crippen molar-refractivity contribution in [1.82, 2.24) is 10.1 Å². The van der Waals surface area contributed by atoms with E-state index in [4.69, 9.17) is 16.1 Å². The molecule has 0 radical (unpaired) electrons. The Labute approximate surface area is 117 Å². The number of rotatable bonds is 2. The van der Waals surface area contributed by atoms with E-state index in [1.807, 2.05) is 12.1 Å². The molecule has 0 aliphatic carbocycles. The Morgan fingerprint density at radius 1 is 1.47 bits per heavy atom. The van der Waals surface area contributed by atoms with Crippen LogP contribution in [0.4, 0.5) is 5.13 Å². The second kappa shape index (κ2) is 4.64. The molecule has 0 saturated carbocycles. The molecule has 1 amide bonds. The Morgan fingerprint density at radius 3 is 3.00 bits per heavy atom. The van der Waals surface area contributed by atoms with Crippen molar-refractivity contribution in [2.75, 3.05) is 5.32 Å². The molecule has 0 bridgehead atoms. The van der Waals surface area contributed by atoms with Gasteiger partial charge < -0.3 is 4.52 Å². The number of benzene rings is 1. The SMILES string of the molecule is Cc1cc(C(=O)Nc2nc3c(Cl)cccc3s2)no1. The third kappa shape index (κ3) is 2.32. The van der Waals surface area contributed by atoms with Crippen LogP contribution in [0.25, 0.3) is 10.2 Å². The van der Waals surface area contributed by atoms with Gasteiger partial charge in [-0.2, -0.15) is 0 Å². The molecule has 0 aliphatic heterocycles. The lowest BCUT2D eigenvalue weighted by atomic mass is 10.3. The van der Waals surface area contributed by atoms with Crippen molar-refractivity contribution in [3.63, 3.8) is 0 Å². The van der Waals surface area contributed by atoms with E-state index >= 15 is 0 Å². The topological polar surface area (TPSA) is 68.0 Å². The minimum atomic E-state index is -0.355. The number of aromatic nitrogens is 2. The normalized spacial score (nSPS) is 10.8. The molecule has 19 heavy (non-hydrogen) atoms. The smallest absolute Gasteiger partial charge is 0.279 e. The molecule has 1 N–H and O–H groups in total. The third-order valence-electron chi connectivity index (χ3n) is 2.45. The zero-order valence-corrected chi connectivity index (χ0v) is 11.4. The summed E-state index contributed by atoms with van der Waals surface area (Å²) >= 11 is 7.39. The summed E-state index contributed by atoms with van der Waals surface area (Å²) in [6, 6.07) is 7.07. The summed E-state index contributed by atoms with van der Waals surface area (Å²) in [5, 5.41) is 7.36. The minimum absolute atomic E-state index is 0.225. The van der Waals surface area contributed by atoms with Crippen LogP contribution >= 0.6 is 22.9 Å². The van der Waals surface area contributed by atoms with Crippen LogP contribution in [-0.4, -0.2) is 16.0 Å². The van der Waals surface area contributed by atoms with Crippen LogP contribution in [0.3, 0.4) is 0 Å². The lowest BCUT2D eigenvalue weighted by molar-refractivity contribution is 0.101. The molecule has 1 aromatic carbocycles. The molecule has 2 heterocycles. The summed E-state index contributed by atoms with van der Waals surface area (Å²) in [5.74, 6) is 0.226. The Bertz CT molecular complexity index is 765.